The summed E-state index contributed by atoms with van der Waals surface area (Å²) >= 11 is 0. The normalized spacial score (nSPS) is 14.1. The fourth-order valence-corrected chi connectivity index (χ4v) is 1.13. The summed E-state index contributed by atoms with van der Waals surface area (Å²) < 4.78 is 0. The van der Waals surface area contributed by atoms with E-state index in [1.807, 2.05) is 19.9 Å². The van der Waals surface area contributed by atoms with Crippen molar-refractivity contribution < 1.29 is 4.79 Å². The van der Waals surface area contributed by atoms with E-state index in [0.29, 0.717) is 13.0 Å². The van der Waals surface area contributed by atoms with Crippen molar-refractivity contribution in [3.05, 3.63) is 0 Å². The van der Waals surface area contributed by atoms with Gasteiger partial charge in [0.05, 0.1) is 12.5 Å². The third kappa shape index (κ3) is 5.55. The van der Waals surface area contributed by atoms with Crippen molar-refractivity contribution in [1.82, 2.24) is 5.32 Å². The number of nitrogens with zero attached hydrogens (tertiary/aromatic N) is 1. The van der Waals surface area contributed by atoms with Crippen LogP contribution in [0.4, 0.5) is 0 Å². The molecule has 14 heavy (non-hydrogen) atoms. The highest BCUT2D eigenvalue weighted by molar-refractivity contribution is 5.78. The second kappa shape index (κ2) is 7.34. The number of amides is 1. The molecule has 3 N–H and O–H groups in total. The van der Waals surface area contributed by atoms with E-state index in [1.54, 1.807) is 0 Å². The Kier molecular flexibility index (Phi) is 6.77. The molecule has 0 rings (SSSR count). The van der Waals surface area contributed by atoms with Crippen LogP contribution in [0.2, 0.25) is 0 Å². The Bertz CT molecular complexity index is 210. The molecule has 0 aromatic heterocycles. The molecule has 1 amide bonds. The van der Waals surface area contributed by atoms with E-state index >= 15 is 0 Å². The maximum absolute atomic E-state index is 11.5. The molecule has 0 aliphatic heterocycles. The SMILES string of the molecule is CC(CC#N)NC(=O)C(C)CCCN. The van der Waals surface area contributed by atoms with Crippen LogP contribution in [0.5, 0.6) is 0 Å². The first-order valence-electron chi connectivity index (χ1n) is 4.99. The molecule has 0 fully saturated rings. The standard InChI is InChI=1S/C10H19N3O/c1-8(4-3-6-11)10(14)13-9(2)5-7-12/h8-9H,3-6,11H2,1-2H3,(H,13,14). The maximum atomic E-state index is 11.5. The van der Waals surface area contributed by atoms with E-state index in [0.717, 1.165) is 12.8 Å². The number of rotatable bonds is 6. The van der Waals surface area contributed by atoms with E-state index in [1.165, 1.54) is 0 Å². The zero-order chi connectivity index (χ0) is 11.0. The van der Waals surface area contributed by atoms with Crippen molar-refractivity contribution in [2.45, 2.75) is 39.2 Å². The number of carbonyl (C=O) groups excluding carboxylic acids is 1. The summed E-state index contributed by atoms with van der Waals surface area (Å²) in [6, 6.07) is 1.96. The summed E-state index contributed by atoms with van der Waals surface area (Å²) in [5.74, 6) is 0.000827. The van der Waals surface area contributed by atoms with Crippen LogP contribution < -0.4 is 11.1 Å². The van der Waals surface area contributed by atoms with E-state index in [9.17, 15) is 4.79 Å². The minimum Gasteiger partial charge on any atom is -0.352 e. The van der Waals surface area contributed by atoms with Crippen LogP contribution in [-0.4, -0.2) is 18.5 Å². The lowest BCUT2D eigenvalue weighted by atomic mass is 10.0. The molecule has 2 unspecified atom stereocenters. The van der Waals surface area contributed by atoms with Gasteiger partial charge in [-0.1, -0.05) is 6.92 Å². The topological polar surface area (TPSA) is 78.9 Å². The van der Waals surface area contributed by atoms with Gasteiger partial charge in [0, 0.05) is 12.0 Å². The molecule has 4 nitrogen and oxygen atoms in total. The minimum atomic E-state index is -0.0622. The first-order valence-corrected chi connectivity index (χ1v) is 4.99. The molecule has 0 aliphatic carbocycles. The minimum absolute atomic E-state index is 0.0142. The highest BCUT2D eigenvalue weighted by atomic mass is 16.1. The van der Waals surface area contributed by atoms with Crippen LogP contribution >= 0.6 is 0 Å². The summed E-state index contributed by atoms with van der Waals surface area (Å²) in [6.45, 7) is 4.33. The average molecular weight is 197 g/mol. The van der Waals surface area contributed by atoms with Gasteiger partial charge in [-0.3, -0.25) is 4.79 Å². The third-order valence-electron chi connectivity index (χ3n) is 2.07. The van der Waals surface area contributed by atoms with Crippen LogP contribution in [0.1, 0.15) is 33.1 Å². The van der Waals surface area contributed by atoms with Crippen molar-refractivity contribution in [1.29, 1.82) is 5.26 Å². The molecule has 0 heterocycles. The molecule has 0 spiro atoms. The van der Waals surface area contributed by atoms with Crippen LogP contribution in [-0.2, 0) is 4.79 Å². The summed E-state index contributed by atoms with van der Waals surface area (Å²) in [7, 11) is 0. The van der Waals surface area contributed by atoms with Crippen molar-refractivity contribution in [2.24, 2.45) is 11.7 Å². The first kappa shape index (κ1) is 12.9. The number of nitrogens with one attached hydrogen (secondary N) is 1. The van der Waals surface area contributed by atoms with Gasteiger partial charge in [-0.25, -0.2) is 0 Å². The smallest absolute Gasteiger partial charge is 0.223 e. The molecule has 0 aliphatic rings. The van der Waals surface area contributed by atoms with E-state index < -0.39 is 0 Å². The fourth-order valence-electron chi connectivity index (χ4n) is 1.13. The molecular weight excluding hydrogens is 178 g/mol. The summed E-state index contributed by atoms with van der Waals surface area (Å²) in [6.07, 6.45) is 2.03. The van der Waals surface area contributed by atoms with Gasteiger partial charge in [-0.05, 0) is 26.3 Å². The lowest BCUT2D eigenvalue weighted by Crippen LogP contribution is -2.36. The van der Waals surface area contributed by atoms with Gasteiger partial charge in [0.25, 0.3) is 0 Å². The summed E-state index contributed by atoms with van der Waals surface area (Å²) in [4.78, 5) is 11.5. The molecule has 0 aromatic carbocycles. The number of carbonyl (C=O) groups is 1. The maximum Gasteiger partial charge on any atom is 0.223 e. The van der Waals surface area contributed by atoms with Gasteiger partial charge in [0.2, 0.25) is 5.91 Å². The van der Waals surface area contributed by atoms with E-state index in [4.69, 9.17) is 11.0 Å². The van der Waals surface area contributed by atoms with E-state index in [2.05, 4.69) is 5.32 Å². The summed E-state index contributed by atoms with van der Waals surface area (Å²) in [5, 5.41) is 11.2. The zero-order valence-electron chi connectivity index (χ0n) is 8.92. The number of hydrogen-bond donors (Lipinski definition) is 2. The molecule has 0 radical (unpaired) electrons. The lowest BCUT2D eigenvalue weighted by Gasteiger charge is -2.15. The second-order valence-electron chi connectivity index (χ2n) is 3.60. The number of hydrogen-bond acceptors (Lipinski definition) is 3. The van der Waals surface area contributed by atoms with Crippen LogP contribution in [0, 0.1) is 17.2 Å². The average Bonchev–Trinajstić information content (AvgIpc) is 2.14. The van der Waals surface area contributed by atoms with Crippen LogP contribution in [0.3, 0.4) is 0 Å². The quantitative estimate of drug-likeness (QED) is 0.660. The molecule has 80 valence electrons. The van der Waals surface area contributed by atoms with Gasteiger partial charge in [0.1, 0.15) is 0 Å². The van der Waals surface area contributed by atoms with Gasteiger partial charge in [0.15, 0.2) is 0 Å². The molecule has 4 heteroatoms. The molecular formula is C10H19N3O. The van der Waals surface area contributed by atoms with Gasteiger partial charge < -0.3 is 11.1 Å². The Balaban J connectivity index is 3.77. The molecule has 0 aromatic rings. The first-order chi connectivity index (χ1) is 6.61. The molecule has 0 saturated heterocycles. The predicted octanol–water partition coefficient (Wildman–Crippen LogP) is 0.780. The molecule has 0 bridgehead atoms. The monoisotopic (exact) mass is 197 g/mol. The Morgan fingerprint density at radius 2 is 2.21 bits per heavy atom. The van der Waals surface area contributed by atoms with Crippen molar-refractivity contribution in [3.63, 3.8) is 0 Å². The highest BCUT2D eigenvalue weighted by Gasteiger charge is 2.14. The largest absolute Gasteiger partial charge is 0.352 e. The Morgan fingerprint density at radius 3 is 2.71 bits per heavy atom. The Labute approximate surface area is 85.5 Å². The summed E-state index contributed by atoms with van der Waals surface area (Å²) in [5.41, 5.74) is 5.35. The highest BCUT2D eigenvalue weighted by Crippen LogP contribution is 2.05. The third-order valence-corrected chi connectivity index (χ3v) is 2.07. The predicted molar refractivity (Wildman–Crippen MR) is 55.3 cm³/mol. The van der Waals surface area contributed by atoms with Crippen LogP contribution in [0.25, 0.3) is 0 Å². The van der Waals surface area contributed by atoms with E-state index in [-0.39, 0.29) is 17.9 Å². The molecule has 2 atom stereocenters. The van der Waals surface area contributed by atoms with Gasteiger partial charge in [-0.2, -0.15) is 5.26 Å². The van der Waals surface area contributed by atoms with Gasteiger partial charge in [-0.15, -0.1) is 0 Å². The van der Waals surface area contributed by atoms with Crippen molar-refractivity contribution in [3.8, 4) is 6.07 Å². The van der Waals surface area contributed by atoms with Gasteiger partial charge >= 0.3 is 0 Å². The number of nitriles is 1. The van der Waals surface area contributed by atoms with Crippen molar-refractivity contribution >= 4 is 5.91 Å². The molecule has 0 saturated carbocycles. The van der Waals surface area contributed by atoms with Crippen molar-refractivity contribution in [2.75, 3.05) is 6.54 Å². The zero-order valence-corrected chi connectivity index (χ0v) is 8.92. The Morgan fingerprint density at radius 1 is 1.57 bits per heavy atom. The second-order valence-corrected chi connectivity index (χ2v) is 3.60. The lowest BCUT2D eigenvalue weighted by molar-refractivity contribution is -0.125. The van der Waals surface area contributed by atoms with Crippen LogP contribution in [0.15, 0.2) is 0 Å². The number of nitrogens with two attached hydrogens (primary N) is 1. The Hall–Kier alpha value is -1.08. The fraction of sp³-hybridized carbons (Fsp3) is 0.800.